The standard InChI is InChI=1S/C28H36N8O2S2/c1-20-30-19-26(34(20)4)40(37,38)36-15-5-14-35(16-17-36)28-31-27(32-39-28)25(22-8-10-23(29)11-9-22)18-21-6-12-24(13-7-21)33(2)3/h6-13,19,25H,5,14-18,29H2,1-4H3. The van der Waals surface area contributed by atoms with Crippen LogP contribution in [0.25, 0.3) is 0 Å². The first kappa shape index (κ1) is 28.1. The Morgan fingerprint density at radius 1 is 1.02 bits per heavy atom. The molecule has 0 spiro atoms. The number of nitrogen functional groups attached to an aromatic ring is 1. The van der Waals surface area contributed by atoms with Crippen molar-refractivity contribution in [2.24, 2.45) is 7.05 Å². The van der Waals surface area contributed by atoms with E-state index >= 15 is 0 Å². The summed E-state index contributed by atoms with van der Waals surface area (Å²) in [6, 6.07) is 16.5. The largest absolute Gasteiger partial charge is 0.399 e. The minimum absolute atomic E-state index is 0.0345. The summed E-state index contributed by atoms with van der Waals surface area (Å²) in [6.45, 7) is 3.88. The van der Waals surface area contributed by atoms with Crippen molar-refractivity contribution in [2.75, 3.05) is 55.8 Å². The topological polar surface area (TPSA) is 113 Å². The first-order chi connectivity index (χ1) is 19.1. The van der Waals surface area contributed by atoms with Gasteiger partial charge in [-0.3, -0.25) is 0 Å². The minimum Gasteiger partial charge on any atom is -0.399 e. The molecule has 1 atom stereocenters. The molecule has 4 aromatic rings. The van der Waals surface area contributed by atoms with Crippen molar-refractivity contribution in [3.05, 3.63) is 77.5 Å². The number of nitrogens with zero attached hydrogens (tertiary/aromatic N) is 7. The molecule has 1 saturated heterocycles. The molecule has 1 aliphatic rings. The molecule has 0 bridgehead atoms. The smallest absolute Gasteiger partial charge is 0.260 e. The van der Waals surface area contributed by atoms with E-state index in [1.165, 1.54) is 23.3 Å². The molecule has 212 valence electrons. The number of aryl methyl sites for hydroxylation is 1. The second-order valence-electron chi connectivity index (χ2n) is 10.4. The highest BCUT2D eigenvalue weighted by Crippen LogP contribution is 2.31. The van der Waals surface area contributed by atoms with Gasteiger partial charge in [0.25, 0.3) is 10.0 Å². The molecule has 0 amide bonds. The third kappa shape index (κ3) is 5.84. The predicted molar refractivity (Wildman–Crippen MR) is 161 cm³/mol. The van der Waals surface area contributed by atoms with Crippen molar-refractivity contribution in [1.29, 1.82) is 0 Å². The van der Waals surface area contributed by atoms with Crippen LogP contribution in [0.15, 0.2) is 59.8 Å². The van der Waals surface area contributed by atoms with E-state index in [0.717, 1.165) is 34.3 Å². The van der Waals surface area contributed by atoms with Gasteiger partial charge in [-0.2, -0.15) is 8.68 Å². The molecule has 40 heavy (non-hydrogen) atoms. The summed E-state index contributed by atoms with van der Waals surface area (Å²) in [6.07, 6.45) is 2.89. The maximum atomic E-state index is 13.3. The fourth-order valence-electron chi connectivity index (χ4n) is 4.93. The number of rotatable bonds is 8. The van der Waals surface area contributed by atoms with Gasteiger partial charge in [0.15, 0.2) is 10.9 Å². The van der Waals surface area contributed by atoms with E-state index in [4.69, 9.17) is 15.1 Å². The van der Waals surface area contributed by atoms with Crippen LogP contribution in [-0.4, -0.2) is 71.9 Å². The highest BCUT2D eigenvalue weighted by atomic mass is 32.2. The molecule has 2 N–H and O–H groups in total. The first-order valence-corrected chi connectivity index (χ1v) is 15.5. The van der Waals surface area contributed by atoms with Gasteiger partial charge in [0, 0.05) is 76.1 Å². The molecule has 5 rings (SSSR count). The zero-order valence-corrected chi connectivity index (χ0v) is 25.0. The van der Waals surface area contributed by atoms with Crippen molar-refractivity contribution in [3.8, 4) is 0 Å². The zero-order valence-electron chi connectivity index (χ0n) is 23.4. The van der Waals surface area contributed by atoms with Gasteiger partial charge in [0.1, 0.15) is 5.82 Å². The molecule has 2 aromatic heterocycles. The van der Waals surface area contributed by atoms with Gasteiger partial charge in [0.05, 0.1) is 6.20 Å². The summed E-state index contributed by atoms with van der Waals surface area (Å²) in [4.78, 5) is 13.4. The summed E-state index contributed by atoms with van der Waals surface area (Å²) in [7, 11) is 2.17. The van der Waals surface area contributed by atoms with Crippen LogP contribution in [0, 0.1) is 6.92 Å². The van der Waals surface area contributed by atoms with E-state index < -0.39 is 10.0 Å². The van der Waals surface area contributed by atoms with Crippen LogP contribution in [-0.2, 0) is 23.5 Å². The Labute approximate surface area is 240 Å². The second kappa shape index (κ2) is 11.6. The molecule has 3 heterocycles. The average molecular weight is 581 g/mol. The van der Waals surface area contributed by atoms with E-state index in [1.54, 1.807) is 22.8 Å². The van der Waals surface area contributed by atoms with Gasteiger partial charge in [0.2, 0.25) is 5.13 Å². The molecule has 2 aromatic carbocycles. The number of nitrogens with two attached hydrogens (primary N) is 1. The number of hydrogen-bond donors (Lipinski definition) is 1. The van der Waals surface area contributed by atoms with E-state index in [-0.39, 0.29) is 10.9 Å². The molecule has 0 aliphatic carbocycles. The number of aromatic nitrogens is 4. The van der Waals surface area contributed by atoms with E-state index in [2.05, 4.69) is 39.0 Å². The van der Waals surface area contributed by atoms with Crippen LogP contribution < -0.4 is 15.5 Å². The normalized spacial score (nSPS) is 15.7. The Morgan fingerprint density at radius 2 is 1.75 bits per heavy atom. The molecule has 0 saturated carbocycles. The molecule has 0 radical (unpaired) electrons. The Kier molecular flexibility index (Phi) is 8.11. The molecule has 1 unspecified atom stereocenters. The number of benzene rings is 2. The molecular formula is C28H36N8O2S2. The fourth-order valence-corrected chi connectivity index (χ4v) is 7.32. The lowest BCUT2D eigenvalue weighted by molar-refractivity contribution is 0.428. The Morgan fingerprint density at radius 3 is 2.40 bits per heavy atom. The maximum Gasteiger partial charge on any atom is 0.260 e. The predicted octanol–water partition coefficient (Wildman–Crippen LogP) is 3.50. The Bertz CT molecular complexity index is 1550. The minimum atomic E-state index is -3.63. The first-order valence-electron chi connectivity index (χ1n) is 13.3. The summed E-state index contributed by atoms with van der Waals surface area (Å²) in [5.41, 5.74) is 10.1. The van der Waals surface area contributed by atoms with Crippen molar-refractivity contribution >= 4 is 38.1 Å². The number of hydrogen-bond acceptors (Lipinski definition) is 9. The monoisotopic (exact) mass is 580 g/mol. The van der Waals surface area contributed by atoms with Crippen molar-refractivity contribution in [1.82, 2.24) is 23.2 Å². The quantitative estimate of drug-likeness (QED) is 0.315. The maximum absolute atomic E-state index is 13.3. The Hall–Kier alpha value is -3.48. The molecule has 10 nitrogen and oxygen atoms in total. The highest BCUT2D eigenvalue weighted by Gasteiger charge is 2.31. The average Bonchev–Trinajstić information content (AvgIpc) is 3.46. The van der Waals surface area contributed by atoms with Crippen molar-refractivity contribution in [2.45, 2.75) is 30.7 Å². The second-order valence-corrected chi connectivity index (χ2v) is 13.0. The summed E-state index contributed by atoms with van der Waals surface area (Å²) >= 11 is 1.37. The van der Waals surface area contributed by atoms with Gasteiger partial charge in [-0.15, -0.1) is 0 Å². The highest BCUT2D eigenvalue weighted by molar-refractivity contribution is 7.89. The van der Waals surface area contributed by atoms with Crippen LogP contribution in [0.5, 0.6) is 0 Å². The van der Waals surface area contributed by atoms with Crippen molar-refractivity contribution in [3.63, 3.8) is 0 Å². The summed E-state index contributed by atoms with van der Waals surface area (Å²) in [5.74, 6) is 1.40. The van der Waals surface area contributed by atoms with Crippen LogP contribution in [0.1, 0.15) is 35.1 Å². The van der Waals surface area contributed by atoms with Gasteiger partial charge < -0.3 is 20.1 Å². The lowest BCUT2D eigenvalue weighted by atomic mass is 9.91. The van der Waals surface area contributed by atoms with Crippen LogP contribution in [0.4, 0.5) is 16.5 Å². The van der Waals surface area contributed by atoms with Crippen LogP contribution in [0.3, 0.4) is 0 Å². The van der Waals surface area contributed by atoms with Gasteiger partial charge >= 0.3 is 0 Å². The van der Waals surface area contributed by atoms with Gasteiger partial charge in [-0.25, -0.2) is 18.4 Å². The van der Waals surface area contributed by atoms with Gasteiger partial charge in [-0.1, -0.05) is 24.3 Å². The SMILES string of the molecule is Cc1ncc(S(=O)(=O)N2CCCN(c3nc(C(Cc4ccc(N(C)C)cc4)c4ccc(N)cc4)ns3)CC2)n1C. The van der Waals surface area contributed by atoms with E-state index in [9.17, 15) is 8.42 Å². The van der Waals surface area contributed by atoms with Crippen LogP contribution in [0.2, 0.25) is 0 Å². The van der Waals surface area contributed by atoms with E-state index in [0.29, 0.717) is 38.4 Å². The number of imidazole rings is 1. The van der Waals surface area contributed by atoms with E-state index in [1.807, 2.05) is 38.4 Å². The van der Waals surface area contributed by atoms with Crippen LogP contribution >= 0.6 is 11.5 Å². The Balaban J connectivity index is 1.35. The molecule has 12 heteroatoms. The molecular weight excluding hydrogens is 544 g/mol. The number of anilines is 3. The lowest BCUT2D eigenvalue weighted by Crippen LogP contribution is -2.36. The third-order valence-corrected chi connectivity index (χ3v) is 10.2. The summed E-state index contributed by atoms with van der Waals surface area (Å²) in [5, 5.41) is 1.04. The lowest BCUT2D eigenvalue weighted by Gasteiger charge is -2.21. The summed E-state index contributed by atoms with van der Waals surface area (Å²) < 4.78 is 34.6. The third-order valence-electron chi connectivity index (χ3n) is 7.48. The zero-order chi connectivity index (χ0) is 28.4. The molecule has 1 fully saturated rings. The molecule has 1 aliphatic heterocycles. The number of sulfonamides is 1. The fraction of sp³-hybridized carbons (Fsp3) is 0.393. The van der Waals surface area contributed by atoms with Crippen molar-refractivity contribution < 1.29 is 8.42 Å². The van der Waals surface area contributed by atoms with Gasteiger partial charge in [-0.05, 0) is 55.2 Å².